The number of carbonyl (C=O) groups is 1. The molecule has 3 aliphatic heterocycles. The Morgan fingerprint density at radius 3 is 2.81 bits per heavy atom. The van der Waals surface area contributed by atoms with Crippen LogP contribution < -0.4 is 9.47 Å². The van der Waals surface area contributed by atoms with Crippen molar-refractivity contribution in [2.75, 3.05) is 26.7 Å². The van der Waals surface area contributed by atoms with Crippen LogP contribution in [-0.4, -0.2) is 43.7 Å². The smallest absolute Gasteiger partial charge is 0.343 e. The molecule has 1 atom stereocenters. The number of benzene rings is 1. The van der Waals surface area contributed by atoms with Crippen molar-refractivity contribution in [3.63, 3.8) is 0 Å². The molecule has 1 fully saturated rings. The number of ether oxygens (including phenoxy) is 3. The molecule has 3 aliphatic rings. The molecule has 5 nitrogen and oxygen atoms in total. The van der Waals surface area contributed by atoms with Crippen LogP contribution in [0.1, 0.15) is 35.7 Å². The van der Waals surface area contributed by atoms with Crippen LogP contribution in [0, 0.1) is 0 Å². The van der Waals surface area contributed by atoms with E-state index in [1.807, 2.05) is 19.1 Å². The Hall–Kier alpha value is -1.75. The summed E-state index contributed by atoms with van der Waals surface area (Å²) in [6, 6.07) is 3.89. The summed E-state index contributed by atoms with van der Waals surface area (Å²) in [5, 5.41) is 0. The van der Waals surface area contributed by atoms with E-state index in [-0.39, 0.29) is 12.1 Å². The van der Waals surface area contributed by atoms with Gasteiger partial charge in [-0.15, -0.1) is 0 Å². The van der Waals surface area contributed by atoms with Gasteiger partial charge in [-0.2, -0.15) is 0 Å². The van der Waals surface area contributed by atoms with E-state index in [0.29, 0.717) is 23.7 Å². The molecule has 1 unspecified atom stereocenters. The van der Waals surface area contributed by atoms with Crippen LogP contribution in [0.25, 0.3) is 0 Å². The van der Waals surface area contributed by atoms with Crippen molar-refractivity contribution in [1.82, 2.24) is 4.90 Å². The number of hydrogen-bond donors (Lipinski definition) is 0. The summed E-state index contributed by atoms with van der Waals surface area (Å²) in [5.74, 6) is 0.936. The summed E-state index contributed by atoms with van der Waals surface area (Å²) in [4.78, 5) is 14.7. The van der Waals surface area contributed by atoms with Gasteiger partial charge in [0.2, 0.25) is 0 Å². The molecule has 0 saturated carbocycles. The lowest BCUT2D eigenvalue weighted by Crippen LogP contribution is -2.41. The summed E-state index contributed by atoms with van der Waals surface area (Å²) in [6.45, 7) is 4.27. The van der Waals surface area contributed by atoms with Gasteiger partial charge in [-0.3, -0.25) is 0 Å². The Labute approximate surface area is 123 Å². The number of esters is 1. The lowest BCUT2D eigenvalue weighted by molar-refractivity contribution is -0.0394. The van der Waals surface area contributed by atoms with E-state index in [4.69, 9.17) is 14.2 Å². The Morgan fingerprint density at radius 1 is 1.29 bits per heavy atom. The van der Waals surface area contributed by atoms with E-state index >= 15 is 0 Å². The van der Waals surface area contributed by atoms with E-state index in [0.717, 1.165) is 31.5 Å². The van der Waals surface area contributed by atoms with Gasteiger partial charge in [0.25, 0.3) is 0 Å². The highest BCUT2D eigenvalue weighted by molar-refractivity contribution is 5.98. The zero-order valence-corrected chi connectivity index (χ0v) is 12.3. The molecule has 3 heterocycles. The summed E-state index contributed by atoms with van der Waals surface area (Å²) in [7, 11) is 2.09. The van der Waals surface area contributed by atoms with Crippen LogP contribution in [-0.2, 0) is 10.3 Å². The summed E-state index contributed by atoms with van der Waals surface area (Å²) in [6.07, 6.45) is 1.67. The molecule has 1 aromatic carbocycles. The van der Waals surface area contributed by atoms with Crippen LogP contribution in [0.3, 0.4) is 0 Å². The molecule has 0 N–H and O–H groups in total. The molecule has 21 heavy (non-hydrogen) atoms. The lowest BCUT2D eigenvalue weighted by atomic mass is 9.83. The Kier molecular flexibility index (Phi) is 2.70. The van der Waals surface area contributed by atoms with E-state index in [1.165, 1.54) is 0 Å². The summed E-state index contributed by atoms with van der Waals surface area (Å²) < 4.78 is 17.3. The van der Waals surface area contributed by atoms with Crippen LogP contribution in [0.15, 0.2) is 12.1 Å². The molecule has 1 saturated heterocycles. The molecular formula is C16H19NO4. The number of rotatable bonds is 0. The zero-order chi connectivity index (χ0) is 14.6. The molecule has 0 radical (unpaired) electrons. The largest absolute Gasteiger partial charge is 0.485 e. The van der Waals surface area contributed by atoms with E-state index in [9.17, 15) is 4.79 Å². The van der Waals surface area contributed by atoms with Crippen LogP contribution in [0.4, 0.5) is 0 Å². The average molecular weight is 289 g/mol. The maximum Gasteiger partial charge on any atom is 0.343 e. The second kappa shape index (κ2) is 4.37. The minimum atomic E-state index is -0.472. The third-order valence-corrected chi connectivity index (χ3v) is 4.69. The Morgan fingerprint density at radius 2 is 2.05 bits per heavy atom. The maximum absolute atomic E-state index is 12.4. The third-order valence-electron chi connectivity index (χ3n) is 4.69. The number of hydrogen-bond acceptors (Lipinski definition) is 5. The van der Waals surface area contributed by atoms with Crippen molar-refractivity contribution >= 4 is 5.97 Å². The second-order valence-electron chi connectivity index (χ2n) is 6.24. The molecule has 0 aliphatic carbocycles. The SMILES string of the molecule is CC1COc2c(ccc3c2C(=O)OC32CCN(C)CC2)O1. The molecule has 0 bridgehead atoms. The Bertz CT molecular complexity index is 605. The topological polar surface area (TPSA) is 48.0 Å². The van der Waals surface area contributed by atoms with Crippen LogP contribution in [0.5, 0.6) is 11.5 Å². The predicted molar refractivity (Wildman–Crippen MR) is 75.9 cm³/mol. The zero-order valence-electron chi connectivity index (χ0n) is 12.3. The van der Waals surface area contributed by atoms with Crippen molar-refractivity contribution in [3.05, 3.63) is 23.3 Å². The van der Waals surface area contributed by atoms with E-state index in [1.54, 1.807) is 0 Å². The monoisotopic (exact) mass is 289 g/mol. The summed E-state index contributed by atoms with van der Waals surface area (Å²) >= 11 is 0. The van der Waals surface area contributed by atoms with E-state index in [2.05, 4.69) is 11.9 Å². The fraction of sp³-hybridized carbons (Fsp3) is 0.562. The lowest BCUT2D eigenvalue weighted by Gasteiger charge is -2.37. The van der Waals surface area contributed by atoms with Crippen LogP contribution >= 0.6 is 0 Å². The van der Waals surface area contributed by atoms with Gasteiger partial charge in [-0.25, -0.2) is 4.79 Å². The first kappa shape index (κ1) is 13.0. The van der Waals surface area contributed by atoms with Crippen molar-refractivity contribution in [2.24, 2.45) is 0 Å². The highest BCUT2D eigenvalue weighted by Gasteiger charge is 2.49. The molecule has 5 heteroatoms. The number of fused-ring (bicyclic) bond motifs is 4. The fourth-order valence-corrected chi connectivity index (χ4v) is 3.47. The van der Waals surface area contributed by atoms with E-state index < -0.39 is 5.60 Å². The highest BCUT2D eigenvalue weighted by Crippen LogP contribution is 2.50. The quantitative estimate of drug-likeness (QED) is 0.683. The van der Waals surface area contributed by atoms with Crippen LogP contribution in [0.2, 0.25) is 0 Å². The average Bonchev–Trinajstić information content (AvgIpc) is 2.75. The molecule has 0 aromatic heterocycles. The standard InChI is InChI=1S/C16H19NO4/c1-10-9-19-14-12(20-10)4-3-11-13(14)15(18)21-16(11)5-7-17(2)8-6-16/h3-4,10H,5-9H2,1-2H3. The summed E-state index contributed by atoms with van der Waals surface area (Å²) in [5.41, 5.74) is 1.07. The minimum Gasteiger partial charge on any atom is -0.485 e. The van der Waals surface area contributed by atoms with Gasteiger partial charge < -0.3 is 19.1 Å². The minimum absolute atomic E-state index is 0.00487. The van der Waals surface area contributed by atoms with Gasteiger partial charge in [0.05, 0.1) is 0 Å². The van der Waals surface area contributed by atoms with Gasteiger partial charge in [-0.1, -0.05) is 6.07 Å². The van der Waals surface area contributed by atoms with Crippen molar-refractivity contribution in [2.45, 2.75) is 31.5 Å². The first-order valence-electron chi connectivity index (χ1n) is 7.48. The Balaban J connectivity index is 1.80. The number of piperidine rings is 1. The first-order valence-corrected chi connectivity index (χ1v) is 7.48. The first-order chi connectivity index (χ1) is 10.1. The molecule has 4 rings (SSSR count). The maximum atomic E-state index is 12.4. The number of carbonyl (C=O) groups excluding carboxylic acids is 1. The molecule has 1 aromatic rings. The molecular weight excluding hydrogens is 270 g/mol. The van der Waals surface area contributed by atoms with Gasteiger partial charge in [0, 0.05) is 31.5 Å². The van der Waals surface area contributed by atoms with Gasteiger partial charge in [-0.05, 0) is 20.0 Å². The van der Waals surface area contributed by atoms with Gasteiger partial charge >= 0.3 is 5.97 Å². The number of nitrogens with zero attached hydrogens (tertiary/aromatic N) is 1. The normalized spacial score (nSPS) is 26.6. The highest BCUT2D eigenvalue weighted by atomic mass is 16.6. The van der Waals surface area contributed by atoms with Crippen molar-refractivity contribution in [3.8, 4) is 11.5 Å². The number of likely N-dealkylation sites (tertiary alicyclic amines) is 1. The van der Waals surface area contributed by atoms with Gasteiger partial charge in [0.1, 0.15) is 23.9 Å². The van der Waals surface area contributed by atoms with Crippen molar-refractivity contribution < 1.29 is 19.0 Å². The van der Waals surface area contributed by atoms with Crippen molar-refractivity contribution in [1.29, 1.82) is 0 Å². The second-order valence-corrected chi connectivity index (χ2v) is 6.24. The molecule has 1 spiro atoms. The van der Waals surface area contributed by atoms with Gasteiger partial charge in [0.15, 0.2) is 11.5 Å². The molecule has 112 valence electrons. The molecule has 0 amide bonds. The third kappa shape index (κ3) is 1.83. The predicted octanol–water partition coefficient (Wildman–Crippen LogP) is 1.94. The fourth-order valence-electron chi connectivity index (χ4n) is 3.47.